The fourth-order valence-electron chi connectivity index (χ4n) is 2.79. The summed E-state index contributed by atoms with van der Waals surface area (Å²) in [5, 5.41) is 9.97. The van der Waals surface area contributed by atoms with E-state index in [0.717, 1.165) is 4.90 Å². The molecule has 128 valence electrons. The van der Waals surface area contributed by atoms with E-state index in [1.807, 2.05) is 0 Å². The van der Waals surface area contributed by atoms with Crippen molar-refractivity contribution in [2.75, 3.05) is 13.1 Å². The second-order valence-corrected chi connectivity index (χ2v) is 6.09. The number of carboxylic acids is 1. The molecule has 0 aliphatic carbocycles. The fourth-order valence-corrected chi connectivity index (χ4v) is 2.97. The molecule has 1 amide bonds. The molecule has 1 fully saturated rings. The van der Waals surface area contributed by atoms with Crippen molar-refractivity contribution in [3.05, 3.63) is 35.0 Å². The maximum Gasteiger partial charge on any atom is 0.406 e. The molecule has 1 aliphatic heterocycles. The molecule has 24 heavy (non-hydrogen) atoms. The van der Waals surface area contributed by atoms with Crippen molar-refractivity contribution in [1.82, 2.24) is 4.90 Å². The number of carbonyl (C=O) groups is 2. The number of likely N-dealkylation sites (tertiary alicyclic amines) is 1. The van der Waals surface area contributed by atoms with Crippen molar-refractivity contribution < 1.29 is 32.3 Å². The lowest BCUT2D eigenvalue weighted by atomic mass is 9.86. The number of nitrogens with zero attached hydrogens (tertiary/aromatic N) is 1. The van der Waals surface area contributed by atoms with E-state index in [0.29, 0.717) is 16.0 Å². The lowest BCUT2D eigenvalue weighted by Crippen LogP contribution is -2.47. The van der Waals surface area contributed by atoms with E-state index in [4.69, 9.17) is 21.1 Å². The monoisotopic (exact) mass is 361 g/mol. The van der Waals surface area contributed by atoms with E-state index < -0.39 is 36.4 Å². The number of amides is 1. The van der Waals surface area contributed by atoms with Crippen LogP contribution in [0.15, 0.2) is 28.7 Å². The van der Waals surface area contributed by atoms with Gasteiger partial charge >= 0.3 is 12.1 Å². The number of hydrogen-bond donors (Lipinski definition) is 1. The van der Waals surface area contributed by atoms with Gasteiger partial charge in [0.05, 0.1) is 0 Å². The SMILES string of the molecule is O=C(c1cc2cc(Cl)ccc2o1)N1CCC(C(=O)O)(C(F)(F)F)C1. The van der Waals surface area contributed by atoms with Gasteiger partial charge in [0.15, 0.2) is 11.2 Å². The Kier molecular flexibility index (Phi) is 3.75. The molecule has 2 aromatic rings. The van der Waals surface area contributed by atoms with Crippen LogP contribution >= 0.6 is 11.6 Å². The second-order valence-electron chi connectivity index (χ2n) is 5.65. The van der Waals surface area contributed by atoms with Crippen LogP contribution in [0.2, 0.25) is 5.02 Å². The van der Waals surface area contributed by atoms with E-state index in [2.05, 4.69) is 0 Å². The van der Waals surface area contributed by atoms with E-state index in [-0.39, 0.29) is 12.3 Å². The normalized spacial score (nSPS) is 21.4. The molecule has 1 aromatic carbocycles. The molecule has 0 bridgehead atoms. The van der Waals surface area contributed by atoms with Crippen molar-refractivity contribution >= 4 is 34.4 Å². The number of benzene rings is 1. The standard InChI is InChI=1S/C15H11ClF3NO4/c16-9-1-2-10-8(5-9)6-11(24-10)12(21)20-4-3-14(7-20,13(22)23)15(17,18)19/h1-2,5-6H,3-4,7H2,(H,22,23). The lowest BCUT2D eigenvalue weighted by Gasteiger charge is -2.26. The Balaban J connectivity index is 1.89. The number of rotatable bonds is 2. The Morgan fingerprint density at radius 2 is 2.00 bits per heavy atom. The fraction of sp³-hybridized carbons (Fsp3) is 0.333. The summed E-state index contributed by atoms with van der Waals surface area (Å²) >= 11 is 5.83. The number of fused-ring (bicyclic) bond motifs is 1. The number of carbonyl (C=O) groups excluding carboxylic acids is 1. The molecule has 0 spiro atoms. The van der Waals surface area contributed by atoms with Crippen LogP contribution in [0, 0.1) is 5.41 Å². The number of furan rings is 1. The minimum atomic E-state index is -4.95. The van der Waals surface area contributed by atoms with Crippen LogP contribution < -0.4 is 0 Å². The Hall–Kier alpha value is -2.22. The van der Waals surface area contributed by atoms with Gasteiger partial charge in [-0.3, -0.25) is 9.59 Å². The highest BCUT2D eigenvalue weighted by atomic mass is 35.5. The first-order valence-corrected chi connectivity index (χ1v) is 7.30. The summed E-state index contributed by atoms with van der Waals surface area (Å²) in [6.07, 6.45) is -5.64. The molecule has 1 saturated heterocycles. The summed E-state index contributed by atoms with van der Waals surface area (Å²) in [4.78, 5) is 24.4. The third-order valence-electron chi connectivity index (χ3n) is 4.20. The predicted molar refractivity (Wildman–Crippen MR) is 77.9 cm³/mol. The molecule has 1 N–H and O–H groups in total. The summed E-state index contributed by atoms with van der Waals surface area (Å²) in [5.74, 6) is -2.92. The Morgan fingerprint density at radius 3 is 2.58 bits per heavy atom. The predicted octanol–water partition coefficient (Wildman–Crippen LogP) is 3.57. The quantitative estimate of drug-likeness (QED) is 0.887. The van der Waals surface area contributed by atoms with E-state index in [9.17, 15) is 22.8 Å². The summed E-state index contributed by atoms with van der Waals surface area (Å²) in [5.41, 5.74) is -2.58. The first kappa shape index (κ1) is 16.6. The first-order valence-electron chi connectivity index (χ1n) is 6.92. The molecule has 1 atom stereocenters. The largest absolute Gasteiger partial charge is 0.481 e. The van der Waals surface area contributed by atoms with Gasteiger partial charge in [0.2, 0.25) is 0 Å². The first-order chi connectivity index (χ1) is 11.1. The summed E-state index contributed by atoms with van der Waals surface area (Å²) < 4.78 is 44.8. The van der Waals surface area contributed by atoms with Gasteiger partial charge in [0.25, 0.3) is 5.91 Å². The zero-order valence-electron chi connectivity index (χ0n) is 12.1. The molecule has 3 rings (SSSR count). The zero-order chi connectivity index (χ0) is 17.7. The molecule has 5 nitrogen and oxygen atoms in total. The van der Waals surface area contributed by atoms with Crippen LogP contribution in [-0.2, 0) is 4.79 Å². The highest BCUT2D eigenvalue weighted by Gasteiger charge is 2.64. The number of alkyl halides is 3. The minimum Gasteiger partial charge on any atom is -0.481 e. The Bertz CT molecular complexity index is 832. The zero-order valence-corrected chi connectivity index (χ0v) is 12.8. The van der Waals surface area contributed by atoms with Gasteiger partial charge in [-0.25, -0.2) is 0 Å². The second kappa shape index (κ2) is 5.41. The minimum absolute atomic E-state index is 0.157. The lowest BCUT2D eigenvalue weighted by molar-refractivity contribution is -0.227. The molecule has 1 aromatic heterocycles. The van der Waals surface area contributed by atoms with Crippen LogP contribution in [0.3, 0.4) is 0 Å². The maximum absolute atomic E-state index is 13.2. The summed E-state index contributed by atoms with van der Waals surface area (Å²) in [6, 6.07) is 6.02. The van der Waals surface area contributed by atoms with Gasteiger partial charge in [-0.05, 0) is 30.7 Å². The van der Waals surface area contributed by atoms with Gasteiger partial charge in [0.1, 0.15) is 5.58 Å². The van der Waals surface area contributed by atoms with Crippen LogP contribution in [-0.4, -0.2) is 41.1 Å². The summed E-state index contributed by atoms with van der Waals surface area (Å²) in [6.45, 7) is -1.26. The molecular weight excluding hydrogens is 351 g/mol. The van der Waals surface area contributed by atoms with E-state index in [1.165, 1.54) is 12.1 Å². The molecular formula is C15H11ClF3NO4. The van der Waals surface area contributed by atoms with Crippen molar-refractivity contribution in [2.45, 2.75) is 12.6 Å². The average Bonchev–Trinajstić information content (AvgIpc) is 3.10. The van der Waals surface area contributed by atoms with Gasteiger partial charge in [-0.1, -0.05) is 11.6 Å². The third-order valence-corrected chi connectivity index (χ3v) is 4.43. The topological polar surface area (TPSA) is 70.8 Å². The Labute approximate surface area is 138 Å². The average molecular weight is 362 g/mol. The third kappa shape index (κ3) is 2.50. The highest BCUT2D eigenvalue weighted by Crippen LogP contribution is 2.46. The smallest absolute Gasteiger partial charge is 0.406 e. The number of hydrogen-bond acceptors (Lipinski definition) is 3. The molecule has 0 radical (unpaired) electrons. The molecule has 9 heteroatoms. The van der Waals surface area contributed by atoms with E-state index >= 15 is 0 Å². The van der Waals surface area contributed by atoms with Gasteiger partial charge in [-0.2, -0.15) is 13.2 Å². The van der Waals surface area contributed by atoms with Crippen molar-refractivity contribution in [1.29, 1.82) is 0 Å². The molecule has 0 saturated carbocycles. The Morgan fingerprint density at radius 1 is 1.29 bits per heavy atom. The summed E-state index contributed by atoms with van der Waals surface area (Å²) in [7, 11) is 0. The van der Waals surface area contributed by atoms with Crippen LogP contribution in [0.1, 0.15) is 17.0 Å². The van der Waals surface area contributed by atoms with Gasteiger partial charge in [0, 0.05) is 23.5 Å². The van der Waals surface area contributed by atoms with Crippen LogP contribution in [0.4, 0.5) is 13.2 Å². The maximum atomic E-state index is 13.2. The van der Waals surface area contributed by atoms with E-state index in [1.54, 1.807) is 12.1 Å². The van der Waals surface area contributed by atoms with Crippen molar-refractivity contribution in [2.24, 2.45) is 5.41 Å². The molecule has 1 aliphatic rings. The number of carboxylic acid groups (broad SMARTS) is 1. The van der Waals surface area contributed by atoms with Crippen molar-refractivity contribution in [3.8, 4) is 0 Å². The van der Waals surface area contributed by atoms with Crippen molar-refractivity contribution in [3.63, 3.8) is 0 Å². The number of aliphatic carboxylic acids is 1. The highest BCUT2D eigenvalue weighted by molar-refractivity contribution is 6.31. The van der Waals surface area contributed by atoms with Gasteiger partial charge in [-0.15, -0.1) is 0 Å². The molecule has 2 heterocycles. The van der Waals surface area contributed by atoms with Crippen LogP contribution in [0.5, 0.6) is 0 Å². The molecule has 1 unspecified atom stereocenters. The number of halogens is 4. The van der Waals surface area contributed by atoms with Gasteiger partial charge < -0.3 is 14.4 Å². The van der Waals surface area contributed by atoms with Crippen LogP contribution in [0.25, 0.3) is 11.0 Å².